The van der Waals surface area contributed by atoms with Gasteiger partial charge in [-0.1, -0.05) is 35.9 Å². The average Bonchev–Trinajstić information content (AvgIpc) is 3.15. The zero-order valence-electron chi connectivity index (χ0n) is 18.6. The molecule has 4 aromatic rings. The number of carbonyl (C=O) groups is 1. The van der Waals surface area contributed by atoms with Crippen LogP contribution in [0.2, 0.25) is 0 Å². The van der Waals surface area contributed by atoms with E-state index in [-0.39, 0.29) is 5.91 Å². The molecule has 0 aliphatic rings. The number of hydrogen-bond donors (Lipinski definition) is 1. The largest absolute Gasteiger partial charge is 0.497 e. The molecule has 1 aromatic heterocycles. The number of nitrogens with zero attached hydrogens (tertiary/aromatic N) is 2. The van der Waals surface area contributed by atoms with Gasteiger partial charge in [0.15, 0.2) is 0 Å². The number of methoxy groups -OCH3 is 1. The Kier molecular flexibility index (Phi) is 6.40. The molecule has 0 aliphatic heterocycles. The molecular formula is C26H27N3O3. The number of aromatic nitrogens is 2. The van der Waals surface area contributed by atoms with Gasteiger partial charge >= 0.3 is 0 Å². The normalized spacial score (nSPS) is 10.8. The molecule has 0 saturated carbocycles. The second-order valence-corrected chi connectivity index (χ2v) is 7.70. The Morgan fingerprint density at radius 3 is 2.62 bits per heavy atom. The second kappa shape index (κ2) is 9.56. The highest BCUT2D eigenvalue weighted by Crippen LogP contribution is 2.20. The zero-order valence-corrected chi connectivity index (χ0v) is 18.6. The van der Waals surface area contributed by atoms with Gasteiger partial charge in [-0.3, -0.25) is 4.79 Å². The molecule has 0 fully saturated rings. The number of amides is 1. The van der Waals surface area contributed by atoms with Crippen LogP contribution in [0.4, 0.5) is 0 Å². The third-order valence-corrected chi connectivity index (χ3v) is 5.39. The van der Waals surface area contributed by atoms with Gasteiger partial charge in [0.1, 0.15) is 23.9 Å². The number of aryl methyl sites for hydroxylation is 2. The maximum atomic E-state index is 12.8. The number of fused-ring (bicyclic) bond motifs is 1. The second-order valence-electron chi connectivity index (χ2n) is 7.70. The Labute approximate surface area is 187 Å². The Balaban J connectivity index is 1.49. The number of carbonyl (C=O) groups excluding carboxylic acids is 1. The summed E-state index contributed by atoms with van der Waals surface area (Å²) in [5.74, 6) is 2.19. The van der Waals surface area contributed by atoms with E-state index in [1.54, 1.807) is 7.11 Å². The van der Waals surface area contributed by atoms with Crippen molar-refractivity contribution in [1.82, 2.24) is 14.9 Å². The molecule has 6 heteroatoms. The lowest BCUT2D eigenvalue weighted by Gasteiger charge is -2.12. The number of para-hydroxylation sites is 2. The first-order chi connectivity index (χ1) is 15.5. The smallest absolute Gasteiger partial charge is 0.251 e. The highest BCUT2D eigenvalue weighted by molar-refractivity contribution is 5.95. The molecule has 0 bridgehead atoms. The van der Waals surface area contributed by atoms with Crippen molar-refractivity contribution in [2.75, 3.05) is 13.7 Å². The minimum Gasteiger partial charge on any atom is -0.497 e. The number of rotatable bonds is 8. The van der Waals surface area contributed by atoms with Crippen LogP contribution in [-0.2, 0) is 13.1 Å². The summed E-state index contributed by atoms with van der Waals surface area (Å²) in [6, 6.07) is 21.3. The van der Waals surface area contributed by atoms with Gasteiger partial charge in [0.05, 0.1) is 31.2 Å². The van der Waals surface area contributed by atoms with Crippen molar-refractivity contribution >= 4 is 16.9 Å². The van der Waals surface area contributed by atoms with Gasteiger partial charge in [0, 0.05) is 11.6 Å². The van der Waals surface area contributed by atoms with Crippen LogP contribution in [-0.4, -0.2) is 29.2 Å². The summed E-state index contributed by atoms with van der Waals surface area (Å²) in [4.78, 5) is 17.5. The SMILES string of the molecule is COc1cccc(OCCn2c(CNC(=O)c3ccc(C)cc3C)nc3ccccc32)c1. The van der Waals surface area contributed by atoms with Crippen molar-refractivity contribution in [3.05, 3.63) is 89.2 Å². The van der Waals surface area contributed by atoms with E-state index in [0.717, 1.165) is 39.5 Å². The number of imidazole rings is 1. The van der Waals surface area contributed by atoms with Crippen molar-refractivity contribution in [1.29, 1.82) is 0 Å². The molecule has 1 amide bonds. The van der Waals surface area contributed by atoms with E-state index in [9.17, 15) is 4.79 Å². The molecule has 1 N–H and O–H groups in total. The third-order valence-electron chi connectivity index (χ3n) is 5.39. The van der Waals surface area contributed by atoms with Crippen molar-refractivity contribution in [3.63, 3.8) is 0 Å². The van der Waals surface area contributed by atoms with Crippen LogP contribution in [0.15, 0.2) is 66.7 Å². The summed E-state index contributed by atoms with van der Waals surface area (Å²) < 4.78 is 13.3. The van der Waals surface area contributed by atoms with Gasteiger partial charge < -0.3 is 19.4 Å². The van der Waals surface area contributed by atoms with Crippen LogP contribution >= 0.6 is 0 Å². The van der Waals surface area contributed by atoms with Gasteiger partial charge in [-0.25, -0.2) is 4.98 Å². The minimum atomic E-state index is -0.103. The molecule has 0 spiro atoms. The third kappa shape index (κ3) is 4.75. The molecule has 3 aromatic carbocycles. The lowest BCUT2D eigenvalue weighted by Crippen LogP contribution is -2.26. The van der Waals surface area contributed by atoms with Crippen molar-refractivity contribution < 1.29 is 14.3 Å². The number of nitrogens with one attached hydrogen (secondary N) is 1. The fourth-order valence-corrected chi connectivity index (χ4v) is 3.78. The molecule has 4 rings (SSSR count). The fraction of sp³-hybridized carbons (Fsp3) is 0.231. The van der Waals surface area contributed by atoms with Crippen LogP contribution in [0.5, 0.6) is 11.5 Å². The zero-order chi connectivity index (χ0) is 22.5. The fourth-order valence-electron chi connectivity index (χ4n) is 3.78. The summed E-state index contributed by atoms with van der Waals surface area (Å²) in [6.07, 6.45) is 0. The molecule has 1 heterocycles. The van der Waals surface area contributed by atoms with Gasteiger partial charge in [-0.15, -0.1) is 0 Å². The molecule has 0 unspecified atom stereocenters. The number of ether oxygens (including phenoxy) is 2. The van der Waals surface area contributed by atoms with E-state index in [1.807, 2.05) is 80.6 Å². The van der Waals surface area contributed by atoms with Crippen LogP contribution < -0.4 is 14.8 Å². The molecule has 0 radical (unpaired) electrons. The van der Waals surface area contributed by atoms with Crippen molar-refractivity contribution in [2.24, 2.45) is 0 Å². The maximum Gasteiger partial charge on any atom is 0.251 e. The van der Waals surface area contributed by atoms with E-state index in [1.165, 1.54) is 0 Å². The Hall–Kier alpha value is -3.80. The molecular weight excluding hydrogens is 402 g/mol. The predicted octanol–water partition coefficient (Wildman–Crippen LogP) is 4.67. The summed E-state index contributed by atoms with van der Waals surface area (Å²) in [6.45, 7) is 5.37. The van der Waals surface area contributed by atoms with E-state index in [2.05, 4.69) is 9.88 Å². The first-order valence-electron chi connectivity index (χ1n) is 10.6. The van der Waals surface area contributed by atoms with Crippen LogP contribution in [0.25, 0.3) is 11.0 Å². The topological polar surface area (TPSA) is 65.4 Å². The maximum absolute atomic E-state index is 12.8. The number of benzene rings is 3. The minimum absolute atomic E-state index is 0.103. The first kappa shape index (κ1) is 21.4. The monoisotopic (exact) mass is 429 g/mol. The van der Waals surface area contributed by atoms with Gasteiger partial charge in [0.25, 0.3) is 5.91 Å². The van der Waals surface area contributed by atoms with E-state index >= 15 is 0 Å². The summed E-state index contributed by atoms with van der Waals surface area (Å²) in [5.41, 5.74) is 4.68. The van der Waals surface area contributed by atoms with E-state index in [4.69, 9.17) is 14.5 Å². The Morgan fingerprint density at radius 2 is 1.81 bits per heavy atom. The van der Waals surface area contributed by atoms with E-state index in [0.29, 0.717) is 25.3 Å². The standard InChI is InChI=1S/C26H27N3O3/c1-18-11-12-22(19(2)15-18)26(30)27-17-25-28-23-9-4-5-10-24(23)29(25)13-14-32-21-8-6-7-20(16-21)31-3/h4-12,15-16H,13-14,17H2,1-3H3,(H,27,30). The summed E-state index contributed by atoms with van der Waals surface area (Å²) >= 11 is 0. The molecule has 32 heavy (non-hydrogen) atoms. The molecule has 164 valence electrons. The number of hydrogen-bond acceptors (Lipinski definition) is 4. The lowest BCUT2D eigenvalue weighted by atomic mass is 10.1. The average molecular weight is 430 g/mol. The molecule has 0 atom stereocenters. The summed E-state index contributed by atoms with van der Waals surface area (Å²) in [5, 5.41) is 3.02. The van der Waals surface area contributed by atoms with E-state index < -0.39 is 0 Å². The quantitative estimate of drug-likeness (QED) is 0.442. The van der Waals surface area contributed by atoms with Crippen LogP contribution in [0, 0.1) is 13.8 Å². The van der Waals surface area contributed by atoms with Gasteiger partial charge in [0.2, 0.25) is 0 Å². The van der Waals surface area contributed by atoms with Gasteiger partial charge in [-0.05, 0) is 49.7 Å². The van der Waals surface area contributed by atoms with Crippen LogP contribution in [0.1, 0.15) is 27.3 Å². The van der Waals surface area contributed by atoms with Gasteiger partial charge in [-0.2, -0.15) is 0 Å². The molecule has 6 nitrogen and oxygen atoms in total. The predicted molar refractivity (Wildman–Crippen MR) is 125 cm³/mol. The molecule has 0 aliphatic carbocycles. The summed E-state index contributed by atoms with van der Waals surface area (Å²) in [7, 11) is 1.63. The van der Waals surface area contributed by atoms with Crippen LogP contribution in [0.3, 0.4) is 0 Å². The Morgan fingerprint density at radius 1 is 1.00 bits per heavy atom. The first-order valence-corrected chi connectivity index (χ1v) is 10.6. The lowest BCUT2D eigenvalue weighted by molar-refractivity contribution is 0.0949. The molecule has 0 saturated heterocycles. The highest BCUT2D eigenvalue weighted by Gasteiger charge is 2.14. The van der Waals surface area contributed by atoms with Crippen molar-refractivity contribution in [3.8, 4) is 11.5 Å². The Bertz CT molecular complexity index is 1250. The van der Waals surface area contributed by atoms with Crippen molar-refractivity contribution in [2.45, 2.75) is 26.9 Å². The highest BCUT2D eigenvalue weighted by atomic mass is 16.5.